The van der Waals surface area contributed by atoms with Crippen molar-refractivity contribution in [3.63, 3.8) is 0 Å². The minimum Gasteiger partial charge on any atom is -0.261 e. The highest BCUT2D eigenvalue weighted by Crippen LogP contribution is 2.10. The number of thiocarbonyl (C=S) groups is 1. The summed E-state index contributed by atoms with van der Waals surface area (Å²) in [5.41, 5.74) is 3.59. The SMILES string of the molecule is C=C(/C=C\C(=C)C(C)=N/C=C(\C)CCCCCC)N=C=S. The van der Waals surface area contributed by atoms with Crippen LogP contribution in [0.1, 0.15) is 52.9 Å². The van der Waals surface area contributed by atoms with E-state index in [1.807, 2.05) is 19.2 Å². The summed E-state index contributed by atoms with van der Waals surface area (Å²) in [4.78, 5) is 8.22. The number of hydrogen-bond acceptors (Lipinski definition) is 3. The summed E-state index contributed by atoms with van der Waals surface area (Å²) in [6.45, 7) is 14.0. The molecule has 0 saturated heterocycles. The maximum atomic E-state index is 4.52. The summed E-state index contributed by atoms with van der Waals surface area (Å²) in [6, 6.07) is 0. The zero-order valence-corrected chi connectivity index (χ0v) is 14.3. The Morgan fingerprint density at radius 3 is 2.48 bits per heavy atom. The first-order valence-electron chi connectivity index (χ1n) is 7.35. The molecule has 0 spiro atoms. The summed E-state index contributed by atoms with van der Waals surface area (Å²) in [5, 5.41) is 2.28. The van der Waals surface area contributed by atoms with E-state index in [1.165, 1.54) is 31.3 Å². The van der Waals surface area contributed by atoms with Crippen molar-refractivity contribution >= 4 is 23.1 Å². The third-order valence-corrected chi connectivity index (χ3v) is 3.13. The van der Waals surface area contributed by atoms with Gasteiger partial charge in [-0.25, -0.2) is 0 Å². The summed E-state index contributed by atoms with van der Waals surface area (Å²) in [5.74, 6) is 0. The van der Waals surface area contributed by atoms with Gasteiger partial charge in [0.1, 0.15) is 0 Å². The van der Waals surface area contributed by atoms with Crippen LogP contribution in [0.2, 0.25) is 0 Å². The largest absolute Gasteiger partial charge is 0.261 e. The van der Waals surface area contributed by atoms with Crippen molar-refractivity contribution in [1.29, 1.82) is 0 Å². The molecule has 2 nitrogen and oxygen atoms in total. The molecule has 0 rings (SSSR count). The number of nitrogens with zero attached hydrogens (tertiary/aromatic N) is 2. The van der Waals surface area contributed by atoms with Crippen LogP contribution in [-0.4, -0.2) is 10.9 Å². The van der Waals surface area contributed by atoms with Gasteiger partial charge in [0, 0.05) is 11.9 Å². The quantitative estimate of drug-likeness (QED) is 0.209. The second-order valence-corrected chi connectivity index (χ2v) is 5.24. The monoisotopic (exact) mass is 302 g/mol. The number of isothiocyanates is 1. The smallest absolute Gasteiger partial charge is 0.0668 e. The molecule has 0 unspecified atom stereocenters. The number of allylic oxidation sites excluding steroid dienone is 4. The summed E-state index contributed by atoms with van der Waals surface area (Å²) in [6.07, 6.45) is 11.7. The predicted molar refractivity (Wildman–Crippen MR) is 98.1 cm³/mol. The number of unbranched alkanes of at least 4 members (excludes halogenated alkanes) is 3. The molecule has 0 aliphatic rings. The van der Waals surface area contributed by atoms with E-state index in [0.717, 1.165) is 17.7 Å². The van der Waals surface area contributed by atoms with Crippen molar-refractivity contribution in [1.82, 2.24) is 0 Å². The van der Waals surface area contributed by atoms with Gasteiger partial charge in [0.2, 0.25) is 0 Å². The van der Waals surface area contributed by atoms with Crippen molar-refractivity contribution in [2.75, 3.05) is 0 Å². The Hall–Kier alpha value is -1.57. The minimum absolute atomic E-state index is 0.557. The zero-order valence-electron chi connectivity index (χ0n) is 13.5. The fourth-order valence-corrected chi connectivity index (χ4v) is 1.72. The summed E-state index contributed by atoms with van der Waals surface area (Å²) in [7, 11) is 0. The van der Waals surface area contributed by atoms with E-state index in [1.54, 1.807) is 6.08 Å². The van der Waals surface area contributed by atoms with Crippen LogP contribution in [0.4, 0.5) is 0 Å². The summed E-state index contributed by atoms with van der Waals surface area (Å²) < 4.78 is 0. The lowest BCUT2D eigenvalue weighted by molar-refractivity contribution is 0.664. The first-order valence-corrected chi connectivity index (χ1v) is 7.76. The summed E-state index contributed by atoms with van der Waals surface area (Å²) >= 11 is 4.52. The maximum Gasteiger partial charge on any atom is 0.0668 e. The van der Waals surface area contributed by atoms with E-state index in [4.69, 9.17) is 0 Å². The van der Waals surface area contributed by atoms with Crippen LogP contribution >= 0.6 is 12.2 Å². The van der Waals surface area contributed by atoms with Crippen molar-refractivity contribution in [3.8, 4) is 0 Å². The van der Waals surface area contributed by atoms with Crippen LogP contribution in [0, 0.1) is 0 Å². The molecule has 0 heterocycles. The molecule has 0 radical (unpaired) electrons. The molecule has 0 atom stereocenters. The molecule has 0 N–H and O–H groups in total. The molecule has 0 aromatic carbocycles. The van der Waals surface area contributed by atoms with E-state index in [-0.39, 0.29) is 0 Å². The third-order valence-electron chi connectivity index (χ3n) is 3.03. The molecule has 0 aliphatic heterocycles. The first-order chi connectivity index (χ1) is 10.0. The molecule has 21 heavy (non-hydrogen) atoms. The van der Waals surface area contributed by atoms with Gasteiger partial charge >= 0.3 is 0 Å². The first kappa shape index (κ1) is 19.4. The van der Waals surface area contributed by atoms with E-state index in [9.17, 15) is 0 Å². The average Bonchev–Trinajstić information content (AvgIpc) is 2.47. The van der Waals surface area contributed by atoms with E-state index >= 15 is 0 Å². The third kappa shape index (κ3) is 10.8. The molecule has 0 amide bonds. The zero-order chi connectivity index (χ0) is 16.1. The van der Waals surface area contributed by atoms with Crippen LogP contribution in [0.3, 0.4) is 0 Å². The fourth-order valence-electron chi connectivity index (χ4n) is 1.60. The van der Waals surface area contributed by atoms with Gasteiger partial charge in [-0.2, -0.15) is 4.99 Å². The predicted octanol–water partition coefficient (Wildman–Crippen LogP) is 6.05. The van der Waals surface area contributed by atoms with Crippen LogP contribution < -0.4 is 0 Å². The second-order valence-electron chi connectivity index (χ2n) is 5.05. The highest BCUT2D eigenvalue weighted by Gasteiger charge is 1.95. The lowest BCUT2D eigenvalue weighted by atomic mass is 10.1. The van der Waals surface area contributed by atoms with Gasteiger partial charge in [0.15, 0.2) is 0 Å². The van der Waals surface area contributed by atoms with Gasteiger partial charge in [0.25, 0.3) is 0 Å². The van der Waals surface area contributed by atoms with Gasteiger partial charge < -0.3 is 0 Å². The molecule has 0 fully saturated rings. The van der Waals surface area contributed by atoms with Gasteiger partial charge in [0.05, 0.1) is 10.9 Å². The highest BCUT2D eigenvalue weighted by atomic mass is 32.1. The molecule has 0 bridgehead atoms. The Balaban J connectivity index is 4.41. The van der Waals surface area contributed by atoms with Crippen LogP contribution in [0.5, 0.6) is 0 Å². The molecular formula is C18H26N2S. The number of hydrogen-bond donors (Lipinski definition) is 0. The Morgan fingerprint density at radius 1 is 1.14 bits per heavy atom. The van der Waals surface area contributed by atoms with Crippen LogP contribution in [0.25, 0.3) is 0 Å². The Morgan fingerprint density at radius 2 is 1.86 bits per heavy atom. The van der Waals surface area contributed by atoms with Crippen molar-refractivity contribution in [2.45, 2.75) is 52.9 Å². The number of aliphatic imine (C=N–C) groups is 2. The molecule has 0 saturated carbocycles. The standard InChI is InChI=1S/C18H26N2S/c1-6-7-8-9-10-15(2)13-19-18(5)16(3)11-12-17(4)20-14-21/h11-13H,3-4,6-10H2,1-2,5H3/b12-11-,15-13+,19-18?. The van der Waals surface area contributed by atoms with Crippen LogP contribution in [-0.2, 0) is 0 Å². The maximum absolute atomic E-state index is 4.52. The average molecular weight is 302 g/mol. The topological polar surface area (TPSA) is 24.7 Å². The van der Waals surface area contributed by atoms with E-state index in [0.29, 0.717) is 5.70 Å². The molecule has 3 heteroatoms. The molecule has 0 aliphatic carbocycles. The second kappa shape index (κ2) is 12.2. The van der Waals surface area contributed by atoms with Gasteiger partial charge in [-0.15, -0.1) is 0 Å². The lowest BCUT2D eigenvalue weighted by Crippen LogP contribution is -1.92. The van der Waals surface area contributed by atoms with Crippen molar-refractivity contribution in [3.05, 3.63) is 48.4 Å². The molecule has 114 valence electrons. The van der Waals surface area contributed by atoms with Crippen molar-refractivity contribution < 1.29 is 0 Å². The van der Waals surface area contributed by atoms with Gasteiger partial charge in [-0.3, -0.25) is 4.99 Å². The number of rotatable bonds is 10. The minimum atomic E-state index is 0.557. The van der Waals surface area contributed by atoms with Crippen molar-refractivity contribution in [2.24, 2.45) is 9.98 Å². The Kier molecular flexibility index (Phi) is 11.3. The molecule has 0 aromatic heterocycles. The van der Waals surface area contributed by atoms with Gasteiger partial charge in [-0.05, 0) is 50.6 Å². The highest BCUT2D eigenvalue weighted by molar-refractivity contribution is 7.78. The molecular weight excluding hydrogens is 276 g/mol. The lowest BCUT2D eigenvalue weighted by Gasteiger charge is -2.01. The molecule has 0 aromatic rings. The van der Waals surface area contributed by atoms with Gasteiger partial charge in [-0.1, -0.05) is 51.0 Å². The normalized spacial score (nSPS) is 12.3. The van der Waals surface area contributed by atoms with E-state index < -0.39 is 0 Å². The van der Waals surface area contributed by atoms with E-state index in [2.05, 4.69) is 54.4 Å². The fraction of sp³-hybridized carbons (Fsp3) is 0.444. The van der Waals surface area contributed by atoms with Crippen LogP contribution in [0.15, 0.2) is 58.3 Å². The Labute approximate surface area is 134 Å². The Bertz CT molecular complexity index is 489.